The zero-order valence-electron chi connectivity index (χ0n) is 10.1. The van der Waals surface area contributed by atoms with Gasteiger partial charge in [0, 0.05) is 22.4 Å². The van der Waals surface area contributed by atoms with Gasteiger partial charge in [-0.15, -0.1) is 0 Å². The van der Waals surface area contributed by atoms with Crippen molar-refractivity contribution in [1.82, 2.24) is 5.32 Å². The summed E-state index contributed by atoms with van der Waals surface area (Å²) in [7, 11) is 1.83. The lowest BCUT2D eigenvalue weighted by Gasteiger charge is -2.33. The van der Waals surface area contributed by atoms with Crippen LogP contribution < -0.4 is 5.32 Å². The van der Waals surface area contributed by atoms with E-state index >= 15 is 0 Å². The van der Waals surface area contributed by atoms with Crippen molar-refractivity contribution in [3.05, 3.63) is 35.4 Å². The van der Waals surface area contributed by atoms with E-state index < -0.39 is 11.6 Å². The highest BCUT2D eigenvalue weighted by molar-refractivity contribution is 8.00. The quantitative estimate of drug-likeness (QED) is 0.889. The molecule has 2 rings (SSSR count). The molecule has 1 aromatic carbocycles. The van der Waals surface area contributed by atoms with E-state index in [-0.39, 0.29) is 10.8 Å². The number of halogens is 2. The van der Waals surface area contributed by atoms with Gasteiger partial charge >= 0.3 is 0 Å². The van der Waals surface area contributed by atoms with Crippen LogP contribution in [0.1, 0.15) is 31.4 Å². The molecule has 0 amide bonds. The highest BCUT2D eigenvalue weighted by Gasteiger charge is 2.39. The Balaban J connectivity index is 2.34. The molecule has 0 aliphatic carbocycles. The first-order chi connectivity index (χ1) is 8.07. The van der Waals surface area contributed by atoms with Crippen LogP contribution in [0, 0.1) is 11.6 Å². The van der Waals surface area contributed by atoms with Gasteiger partial charge in [0.25, 0.3) is 0 Å². The minimum absolute atomic E-state index is 0.00653. The van der Waals surface area contributed by atoms with Crippen LogP contribution in [0.2, 0.25) is 0 Å². The molecule has 0 saturated carbocycles. The second kappa shape index (κ2) is 4.94. The lowest BCUT2D eigenvalue weighted by atomic mass is 9.90. The monoisotopic (exact) mass is 257 g/mol. The minimum Gasteiger partial charge on any atom is -0.312 e. The average molecular weight is 257 g/mol. The summed E-state index contributed by atoms with van der Waals surface area (Å²) in [5.74, 6) is 0.126. The Labute approximate surface area is 105 Å². The summed E-state index contributed by atoms with van der Waals surface area (Å²) >= 11 is 1.86. The summed E-state index contributed by atoms with van der Waals surface area (Å²) < 4.78 is 26.7. The zero-order chi connectivity index (χ0) is 12.5. The molecule has 1 saturated heterocycles. The normalized spacial score (nSPS) is 26.1. The number of nitrogens with one attached hydrogen (secondary N) is 1. The smallest absolute Gasteiger partial charge is 0.130 e. The molecule has 2 unspecified atom stereocenters. The van der Waals surface area contributed by atoms with E-state index in [9.17, 15) is 8.78 Å². The van der Waals surface area contributed by atoms with Gasteiger partial charge in [0.15, 0.2) is 0 Å². The van der Waals surface area contributed by atoms with Gasteiger partial charge in [-0.25, -0.2) is 8.78 Å². The molecule has 1 aromatic rings. The largest absolute Gasteiger partial charge is 0.312 e. The van der Waals surface area contributed by atoms with Gasteiger partial charge < -0.3 is 5.32 Å². The number of benzene rings is 1. The SMILES string of the molecule is CNC(c1ccc(F)cc1F)C1(C)CCCS1. The summed E-state index contributed by atoms with van der Waals surface area (Å²) in [5, 5.41) is 3.18. The first kappa shape index (κ1) is 12.8. The summed E-state index contributed by atoms with van der Waals surface area (Å²) in [6.07, 6.45) is 2.21. The van der Waals surface area contributed by atoms with Crippen LogP contribution in [0.15, 0.2) is 18.2 Å². The van der Waals surface area contributed by atoms with Crippen LogP contribution in [0.5, 0.6) is 0 Å². The molecule has 0 bridgehead atoms. The number of hydrogen-bond acceptors (Lipinski definition) is 2. The summed E-state index contributed by atoms with van der Waals surface area (Å²) in [5.41, 5.74) is 0.561. The molecule has 1 N–H and O–H groups in total. The van der Waals surface area contributed by atoms with E-state index in [1.807, 2.05) is 18.8 Å². The van der Waals surface area contributed by atoms with Crippen LogP contribution in [-0.4, -0.2) is 17.5 Å². The Morgan fingerprint density at radius 3 is 2.71 bits per heavy atom. The number of thioether (sulfide) groups is 1. The molecular formula is C13H17F2NS. The molecule has 0 aromatic heterocycles. The maximum atomic E-state index is 13.8. The van der Waals surface area contributed by atoms with Crippen LogP contribution >= 0.6 is 11.8 Å². The van der Waals surface area contributed by atoms with Crippen molar-refractivity contribution in [3.8, 4) is 0 Å². The van der Waals surface area contributed by atoms with Crippen molar-refractivity contribution in [2.45, 2.75) is 30.6 Å². The average Bonchev–Trinajstić information content (AvgIpc) is 2.70. The van der Waals surface area contributed by atoms with Crippen molar-refractivity contribution < 1.29 is 8.78 Å². The molecule has 94 valence electrons. The zero-order valence-corrected chi connectivity index (χ0v) is 10.9. The van der Waals surface area contributed by atoms with Gasteiger partial charge in [-0.2, -0.15) is 11.8 Å². The van der Waals surface area contributed by atoms with Crippen molar-refractivity contribution in [3.63, 3.8) is 0 Å². The van der Waals surface area contributed by atoms with Gasteiger partial charge in [0.05, 0.1) is 0 Å². The van der Waals surface area contributed by atoms with Crippen LogP contribution in [-0.2, 0) is 0 Å². The highest BCUT2D eigenvalue weighted by atomic mass is 32.2. The number of hydrogen-bond donors (Lipinski definition) is 1. The fourth-order valence-electron chi connectivity index (χ4n) is 2.55. The van der Waals surface area contributed by atoms with Gasteiger partial charge in [-0.1, -0.05) is 6.07 Å². The van der Waals surface area contributed by atoms with E-state index in [1.165, 1.54) is 6.07 Å². The Bertz CT molecular complexity index is 402. The third-order valence-electron chi connectivity index (χ3n) is 3.42. The number of rotatable bonds is 3. The summed E-state index contributed by atoms with van der Waals surface area (Å²) in [4.78, 5) is 0. The predicted octanol–water partition coefficient (Wildman–Crippen LogP) is 3.51. The molecule has 1 nitrogen and oxygen atoms in total. The van der Waals surface area contributed by atoms with Gasteiger partial charge in [0.2, 0.25) is 0 Å². The molecule has 4 heteroatoms. The summed E-state index contributed by atoms with van der Waals surface area (Å²) in [6, 6.07) is 3.76. The Hall–Kier alpha value is -0.610. The minimum atomic E-state index is -0.523. The van der Waals surface area contributed by atoms with Crippen molar-refractivity contribution >= 4 is 11.8 Å². The second-order valence-corrected chi connectivity index (χ2v) is 6.28. The van der Waals surface area contributed by atoms with Crippen molar-refractivity contribution in [2.24, 2.45) is 0 Å². The van der Waals surface area contributed by atoms with Crippen LogP contribution in [0.25, 0.3) is 0 Å². The van der Waals surface area contributed by atoms with Gasteiger partial charge in [-0.3, -0.25) is 0 Å². The lowest BCUT2D eigenvalue weighted by molar-refractivity contribution is 0.422. The topological polar surface area (TPSA) is 12.0 Å². The molecule has 1 heterocycles. The molecule has 1 aliphatic rings. The van der Waals surface area contributed by atoms with E-state index in [4.69, 9.17) is 0 Å². The van der Waals surface area contributed by atoms with E-state index in [0.717, 1.165) is 24.7 Å². The van der Waals surface area contributed by atoms with Crippen molar-refractivity contribution in [1.29, 1.82) is 0 Å². The van der Waals surface area contributed by atoms with Gasteiger partial charge in [-0.05, 0) is 38.6 Å². The van der Waals surface area contributed by atoms with E-state index in [2.05, 4.69) is 12.2 Å². The van der Waals surface area contributed by atoms with Gasteiger partial charge in [0.1, 0.15) is 11.6 Å². The predicted molar refractivity (Wildman–Crippen MR) is 68.3 cm³/mol. The molecule has 17 heavy (non-hydrogen) atoms. The van der Waals surface area contributed by atoms with E-state index in [0.29, 0.717) is 5.56 Å². The second-order valence-electron chi connectivity index (χ2n) is 4.65. The standard InChI is InChI=1S/C13H17F2NS/c1-13(6-3-7-17-13)12(16-2)10-5-4-9(14)8-11(10)15/h4-5,8,12,16H,3,6-7H2,1-2H3. The molecule has 2 atom stereocenters. The third kappa shape index (κ3) is 2.47. The van der Waals surface area contributed by atoms with Crippen LogP contribution in [0.3, 0.4) is 0 Å². The molecule has 1 fully saturated rings. The summed E-state index contributed by atoms with van der Waals surface area (Å²) in [6.45, 7) is 2.15. The lowest BCUT2D eigenvalue weighted by Crippen LogP contribution is -2.36. The van der Waals surface area contributed by atoms with E-state index in [1.54, 1.807) is 6.07 Å². The molecule has 0 radical (unpaired) electrons. The Kier molecular flexibility index (Phi) is 3.73. The fourth-order valence-corrected chi connectivity index (χ4v) is 4.01. The molecular weight excluding hydrogens is 240 g/mol. The first-order valence-electron chi connectivity index (χ1n) is 5.83. The van der Waals surface area contributed by atoms with Crippen molar-refractivity contribution in [2.75, 3.05) is 12.8 Å². The highest BCUT2D eigenvalue weighted by Crippen LogP contribution is 2.46. The first-order valence-corrected chi connectivity index (χ1v) is 6.81. The molecule has 0 spiro atoms. The molecule has 1 aliphatic heterocycles. The maximum absolute atomic E-state index is 13.8. The third-order valence-corrected chi connectivity index (χ3v) is 5.01. The van der Waals surface area contributed by atoms with Crippen LogP contribution in [0.4, 0.5) is 8.78 Å². The maximum Gasteiger partial charge on any atom is 0.130 e. The Morgan fingerprint density at radius 2 is 2.18 bits per heavy atom. The fraction of sp³-hybridized carbons (Fsp3) is 0.538. The Morgan fingerprint density at radius 1 is 1.41 bits per heavy atom.